The molecule has 8 nitrogen and oxygen atoms in total. The summed E-state index contributed by atoms with van der Waals surface area (Å²) < 4.78 is 14.5. The van der Waals surface area contributed by atoms with Crippen LogP contribution in [-0.2, 0) is 23.2 Å². The molecule has 28 heavy (non-hydrogen) atoms. The van der Waals surface area contributed by atoms with Gasteiger partial charge in [-0.25, -0.2) is 4.79 Å². The standard InChI is InChI=1S/C19H15IN4O4/c1-11-3-6-14-13(9-11)18(26)23(2)19-22-21-16(24(14)19)10-27-17(25)8-5-12-4-7-15(20)28-12/h3-9H,10H2,1-2H3/b8-5+. The van der Waals surface area contributed by atoms with Gasteiger partial charge in [0.2, 0.25) is 5.78 Å². The summed E-state index contributed by atoms with van der Waals surface area (Å²) in [5.41, 5.74) is 1.49. The minimum absolute atomic E-state index is 0.0821. The molecule has 0 saturated carbocycles. The maximum Gasteiger partial charge on any atom is 0.331 e. The SMILES string of the molecule is Cc1ccc2c(c1)c(=O)n(C)c1nnc(COC(=O)/C=C/c3ccc(I)o3)n21. The number of carbonyl (C=O) groups is 1. The van der Waals surface area contributed by atoms with Crippen molar-refractivity contribution in [2.75, 3.05) is 0 Å². The van der Waals surface area contributed by atoms with Gasteiger partial charge in [0.1, 0.15) is 5.76 Å². The Morgan fingerprint density at radius 2 is 2.11 bits per heavy atom. The van der Waals surface area contributed by atoms with Crippen LogP contribution < -0.4 is 5.56 Å². The summed E-state index contributed by atoms with van der Waals surface area (Å²) in [4.78, 5) is 24.6. The van der Waals surface area contributed by atoms with Gasteiger partial charge in [0.25, 0.3) is 5.56 Å². The maximum absolute atomic E-state index is 12.6. The number of rotatable bonds is 4. The molecular weight excluding hydrogens is 475 g/mol. The fourth-order valence-corrected chi connectivity index (χ4v) is 3.34. The van der Waals surface area contributed by atoms with E-state index >= 15 is 0 Å². The van der Waals surface area contributed by atoms with Crippen LogP contribution in [0.15, 0.2) is 45.6 Å². The number of nitrogens with zero attached hydrogens (tertiary/aromatic N) is 4. The van der Waals surface area contributed by atoms with Crippen molar-refractivity contribution in [3.8, 4) is 0 Å². The average Bonchev–Trinajstić information content (AvgIpc) is 3.29. The van der Waals surface area contributed by atoms with Crippen molar-refractivity contribution in [2.45, 2.75) is 13.5 Å². The molecule has 0 radical (unpaired) electrons. The largest absolute Gasteiger partial charge is 0.454 e. The zero-order valence-electron chi connectivity index (χ0n) is 15.0. The van der Waals surface area contributed by atoms with Crippen LogP contribution in [0.1, 0.15) is 17.1 Å². The number of esters is 1. The number of aromatic nitrogens is 4. The summed E-state index contributed by atoms with van der Waals surface area (Å²) >= 11 is 2.04. The predicted octanol–water partition coefficient (Wildman–Crippen LogP) is 2.84. The number of fused-ring (bicyclic) bond motifs is 3. The molecule has 0 fully saturated rings. The summed E-state index contributed by atoms with van der Waals surface area (Å²) in [6, 6.07) is 9.12. The van der Waals surface area contributed by atoms with E-state index in [9.17, 15) is 9.59 Å². The number of ether oxygens (including phenoxy) is 1. The number of benzene rings is 1. The van der Waals surface area contributed by atoms with Crippen molar-refractivity contribution in [3.05, 3.63) is 67.7 Å². The molecule has 3 aromatic heterocycles. The minimum atomic E-state index is -0.534. The molecule has 0 spiro atoms. The van der Waals surface area contributed by atoms with Crippen molar-refractivity contribution < 1.29 is 13.9 Å². The highest BCUT2D eigenvalue weighted by molar-refractivity contribution is 14.1. The first-order chi connectivity index (χ1) is 13.4. The molecule has 0 aliphatic rings. The molecule has 1 aromatic carbocycles. The Morgan fingerprint density at radius 3 is 2.86 bits per heavy atom. The van der Waals surface area contributed by atoms with Gasteiger partial charge in [-0.05, 0) is 59.9 Å². The lowest BCUT2D eigenvalue weighted by atomic mass is 10.1. The van der Waals surface area contributed by atoms with E-state index in [4.69, 9.17) is 9.15 Å². The topological polar surface area (TPSA) is 91.6 Å². The Labute approximate surface area is 172 Å². The molecule has 0 unspecified atom stereocenters. The van der Waals surface area contributed by atoms with E-state index in [0.717, 1.165) is 9.33 Å². The fraction of sp³-hybridized carbons (Fsp3) is 0.158. The van der Waals surface area contributed by atoms with Crippen LogP contribution in [0.4, 0.5) is 0 Å². The molecule has 142 valence electrons. The van der Waals surface area contributed by atoms with E-state index in [1.54, 1.807) is 23.6 Å². The second-order valence-electron chi connectivity index (χ2n) is 6.22. The van der Waals surface area contributed by atoms with Crippen molar-refractivity contribution in [2.24, 2.45) is 7.05 Å². The van der Waals surface area contributed by atoms with Crippen LogP contribution in [0.5, 0.6) is 0 Å². The molecule has 3 heterocycles. The lowest BCUT2D eigenvalue weighted by molar-refractivity contribution is -0.139. The second-order valence-corrected chi connectivity index (χ2v) is 7.28. The molecule has 0 saturated heterocycles. The lowest BCUT2D eigenvalue weighted by Gasteiger charge is -2.08. The Kier molecular flexibility index (Phi) is 4.75. The number of aryl methyl sites for hydroxylation is 2. The smallest absolute Gasteiger partial charge is 0.331 e. The van der Waals surface area contributed by atoms with Gasteiger partial charge in [0.15, 0.2) is 16.2 Å². The third-order valence-electron chi connectivity index (χ3n) is 4.26. The second kappa shape index (κ2) is 7.23. The Balaban J connectivity index is 1.64. The number of hydrogen-bond donors (Lipinski definition) is 0. The zero-order chi connectivity index (χ0) is 19.8. The van der Waals surface area contributed by atoms with Crippen LogP contribution >= 0.6 is 22.6 Å². The fourth-order valence-electron chi connectivity index (χ4n) is 2.90. The Bertz CT molecular complexity index is 1300. The first-order valence-corrected chi connectivity index (χ1v) is 9.45. The first-order valence-electron chi connectivity index (χ1n) is 8.37. The normalized spacial score (nSPS) is 11.7. The summed E-state index contributed by atoms with van der Waals surface area (Å²) in [5, 5.41) is 8.72. The molecule has 0 aliphatic carbocycles. The predicted molar refractivity (Wildman–Crippen MR) is 111 cm³/mol. The highest BCUT2D eigenvalue weighted by Gasteiger charge is 2.15. The van der Waals surface area contributed by atoms with Crippen LogP contribution in [0.2, 0.25) is 0 Å². The summed E-state index contributed by atoms with van der Waals surface area (Å²) in [5.74, 6) is 0.834. The third kappa shape index (κ3) is 3.33. The van der Waals surface area contributed by atoms with Gasteiger partial charge >= 0.3 is 5.97 Å². The first kappa shape index (κ1) is 18.4. The van der Waals surface area contributed by atoms with Gasteiger partial charge in [-0.15, -0.1) is 10.2 Å². The molecule has 0 bridgehead atoms. The van der Waals surface area contributed by atoms with Gasteiger partial charge in [-0.1, -0.05) is 11.6 Å². The summed E-state index contributed by atoms with van der Waals surface area (Å²) in [6.07, 6.45) is 2.82. The van der Waals surface area contributed by atoms with Gasteiger partial charge in [-0.2, -0.15) is 0 Å². The number of hydrogen-bond acceptors (Lipinski definition) is 6. The van der Waals surface area contributed by atoms with Crippen molar-refractivity contribution in [1.29, 1.82) is 0 Å². The van der Waals surface area contributed by atoms with E-state index in [-0.39, 0.29) is 12.2 Å². The van der Waals surface area contributed by atoms with Crippen molar-refractivity contribution in [3.63, 3.8) is 0 Å². The lowest BCUT2D eigenvalue weighted by Crippen LogP contribution is -2.20. The van der Waals surface area contributed by atoms with E-state index in [1.807, 2.05) is 47.7 Å². The van der Waals surface area contributed by atoms with Gasteiger partial charge < -0.3 is 9.15 Å². The molecule has 9 heteroatoms. The summed E-state index contributed by atoms with van der Waals surface area (Å²) in [6.45, 7) is 1.84. The number of halogens is 1. The van der Waals surface area contributed by atoms with Crippen LogP contribution in [0.3, 0.4) is 0 Å². The minimum Gasteiger partial charge on any atom is -0.454 e. The zero-order valence-corrected chi connectivity index (χ0v) is 17.2. The van der Waals surface area contributed by atoms with Gasteiger partial charge in [0, 0.05) is 13.1 Å². The molecule has 0 amide bonds. The average molecular weight is 490 g/mol. The number of furan rings is 1. The van der Waals surface area contributed by atoms with Gasteiger partial charge in [-0.3, -0.25) is 13.8 Å². The molecular formula is C19H15IN4O4. The third-order valence-corrected chi connectivity index (χ3v) is 4.84. The van der Waals surface area contributed by atoms with Crippen LogP contribution in [-0.4, -0.2) is 25.1 Å². The quantitative estimate of drug-likeness (QED) is 0.248. The summed E-state index contributed by atoms with van der Waals surface area (Å²) in [7, 11) is 1.64. The highest BCUT2D eigenvalue weighted by atomic mass is 127. The molecule has 0 aliphatic heterocycles. The maximum atomic E-state index is 12.6. The monoisotopic (exact) mass is 490 g/mol. The van der Waals surface area contributed by atoms with E-state index in [0.29, 0.717) is 28.3 Å². The molecule has 0 atom stereocenters. The van der Waals surface area contributed by atoms with Crippen LogP contribution in [0, 0.1) is 10.7 Å². The van der Waals surface area contributed by atoms with E-state index < -0.39 is 5.97 Å². The number of carbonyl (C=O) groups excluding carboxylic acids is 1. The van der Waals surface area contributed by atoms with Crippen molar-refractivity contribution >= 4 is 51.3 Å². The van der Waals surface area contributed by atoms with E-state index in [2.05, 4.69) is 10.2 Å². The molecule has 0 N–H and O–H groups in total. The van der Waals surface area contributed by atoms with E-state index in [1.165, 1.54) is 16.7 Å². The van der Waals surface area contributed by atoms with Gasteiger partial charge in [0.05, 0.1) is 10.9 Å². The van der Waals surface area contributed by atoms with Crippen LogP contribution in [0.25, 0.3) is 22.8 Å². The van der Waals surface area contributed by atoms with Crippen molar-refractivity contribution in [1.82, 2.24) is 19.2 Å². The Hall–Kier alpha value is -2.95. The molecule has 4 rings (SSSR count). The molecule has 4 aromatic rings. The highest BCUT2D eigenvalue weighted by Crippen LogP contribution is 2.16. The Morgan fingerprint density at radius 1 is 1.29 bits per heavy atom.